The second-order valence-corrected chi connectivity index (χ2v) is 6.18. The Morgan fingerprint density at radius 1 is 1.38 bits per heavy atom. The van der Waals surface area contributed by atoms with Gasteiger partial charge in [0.05, 0.1) is 6.61 Å². The predicted octanol–water partition coefficient (Wildman–Crippen LogP) is 0.874. The summed E-state index contributed by atoms with van der Waals surface area (Å²) in [5, 5.41) is 9.43. The molecule has 0 amide bonds. The van der Waals surface area contributed by atoms with Crippen molar-refractivity contribution in [3.8, 4) is 5.75 Å². The highest BCUT2D eigenvalue weighted by atomic mass is 32.1. The summed E-state index contributed by atoms with van der Waals surface area (Å²) in [4.78, 5) is 25.7. The van der Waals surface area contributed by atoms with E-state index in [-0.39, 0.29) is 18.3 Å². The largest absolute Gasteiger partial charge is 0.450 e. The molecule has 1 aliphatic heterocycles. The number of nitrogens with zero attached hydrogens (tertiary/aromatic N) is 1. The maximum Gasteiger partial charge on any atom is 0.358 e. The first-order valence-electron chi connectivity index (χ1n) is 8.00. The van der Waals surface area contributed by atoms with Crippen molar-refractivity contribution in [3.63, 3.8) is 0 Å². The van der Waals surface area contributed by atoms with E-state index in [4.69, 9.17) is 26.4 Å². The van der Waals surface area contributed by atoms with Gasteiger partial charge in [-0.15, -0.1) is 0 Å². The molecular weight excluding hydrogens is 360 g/mol. The van der Waals surface area contributed by atoms with Crippen molar-refractivity contribution in [2.24, 2.45) is 0 Å². The monoisotopic (exact) mass is 378 g/mol. The molecule has 2 N–H and O–H groups in total. The predicted molar refractivity (Wildman–Crippen MR) is 96.2 cm³/mol. The molecule has 0 unspecified atom stereocenters. The number of aliphatic hydroxyl groups excluding tert-OH is 1. The Morgan fingerprint density at radius 3 is 2.81 bits per heavy atom. The highest BCUT2D eigenvalue weighted by Gasteiger charge is 2.38. The lowest BCUT2D eigenvalue weighted by atomic mass is 10.2. The van der Waals surface area contributed by atoms with Crippen LogP contribution in [0, 0.1) is 6.92 Å². The van der Waals surface area contributed by atoms with E-state index >= 15 is 0 Å². The third kappa shape index (κ3) is 4.01. The molecule has 0 radical (unpaired) electrons. The first kappa shape index (κ1) is 18.3. The second kappa shape index (κ2) is 7.81. The number of aromatic nitrogens is 2. The second-order valence-electron chi connectivity index (χ2n) is 5.85. The molecule has 8 nitrogen and oxygen atoms in total. The summed E-state index contributed by atoms with van der Waals surface area (Å²) in [6.07, 6.45) is -0.299. The molecule has 26 heavy (non-hydrogen) atoms. The van der Waals surface area contributed by atoms with Crippen LogP contribution in [0.4, 0.5) is 0 Å². The van der Waals surface area contributed by atoms with Gasteiger partial charge in [-0.05, 0) is 19.1 Å². The van der Waals surface area contributed by atoms with E-state index in [0.29, 0.717) is 11.3 Å². The van der Waals surface area contributed by atoms with E-state index < -0.39 is 29.7 Å². The summed E-state index contributed by atoms with van der Waals surface area (Å²) in [6.45, 7) is 1.27. The summed E-state index contributed by atoms with van der Waals surface area (Å²) in [5.41, 5.74) is -0.666. The van der Waals surface area contributed by atoms with Crippen LogP contribution >= 0.6 is 12.2 Å². The Labute approximate surface area is 154 Å². The van der Waals surface area contributed by atoms with E-state index in [1.807, 2.05) is 6.07 Å². The molecule has 9 heteroatoms. The molecule has 1 aromatic heterocycles. The minimum atomic E-state index is -0.695. The van der Waals surface area contributed by atoms with Crippen LogP contribution in [-0.4, -0.2) is 38.7 Å². The smallest absolute Gasteiger partial charge is 0.358 e. The summed E-state index contributed by atoms with van der Waals surface area (Å²) in [6, 6.07) is 8.91. The quantitative estimate of drug-likeness (QED) is 0.761. The van der Waals surface area contributed by atoms with Gasteiger partial charge >= 0.3 is 10.9 Å². The third-order valence-corrected chi connectivity index (χ3v) is 4.19. The summed E-state index contributed by atoms with van der Waals surface area (Å²) in [7, 11) is 0. The summed E-state index contributed by atoms with van der Waals surface area (Å²) in [5.74, 6) is 0.529. The van der Waals surface area contributed by atoms with Gasteiger partial charge in [-0.25, -0.2) is 4.79 Å². The van der Waals surface area contributed by atoms with E-state index in [1.54, 1.807) is 31.2 Å². The minimum absolute atomic E-state index is 0.103. The lowest BCUT2D eigenvalue weighted by Crippen LogP contribution is -2.33. The van der Waals surface area contributed by atoms with Crippen molar-refractivity contribution >= 4 is 17.5 Å². The van der Waals surface area contributed by atoms with Crippen LogP contribution in [0.25, 0.3) is 0 Å². The molecule has 1 aromatic carbocycles. The number of ether oxygens (including phenoxy) is 3. The molecule has 0 aliphatic carbocycles. The molecule has 0 spiro atoms. The number of nitrogens with one attached hydrogen (secondary N) is 1. The first-order valence-corrected chi connectivity index (χ1v) is 8.40. The van der Waals surface area contributed by atoms with Crippen molar-refractivity contribution in [1.82, 2.24) is 9.55 Å². The number of aryl methyl sites for hydroxylation is 1. The average Bonchev–Trinajstić information content (AvgIpc) is 3.01. The van der Waals surface area contributed by atoms with Crippen molar-refractivity contribution < 1.29 is 19.3 Å². The number of thiocarbonyl (C=S) groups is 1. The maximum atomic E-state index is 12.0. The molecule has 1 saturated heterocycles. The number of H-pyrrole nitrogens is 1. The van der Waals surface area contributed by atoms with Crippen molar-refractivity contribution in [3.05, 3.63) is 62.9 Å². The van der Waals surface area contributed by atoms with Gasteiger partial charge < -0.3 is 19.3 Å². The Balaban J connectivity index is 1.71. The van der Waals surface area contributed by atoms with Gasteiger partial charge in [-0.3, -0.25) is 14.3 Å². The van der Waals surface area contributed by atoms with E-state index in [1.165, 1.54) is 10.8 Å². The van der Waals surface area contributed by atoms with Crippen LogP contribution in [0.5, 0.6) is 5.75 Å². The Kier molecular flexibility index (Phi) is 5.50. The zero-order valence-electron chi connectivity index (χ0n) is 14.0. The van der Waals surface area contributed by atoms with Gasteiger partial charge in [-0.2, -0.15) is 0 Å². The number of hydrogen-bond acceptors (Lipinski definition) is 7. The van der Waals surface area contributed by atoms with Crippen LogP contribution in [0.3, 0.4) is 0 Å². The molecule has 1 aliphatic rings. The van der Waals surface area contributed by atoms with Gasteiger partial charge in [0, 0.05) is 30.4 Å². The van der Waals surface area contributed by atoms with Gasteiger partial charge in [0.2, 0.25) is 0 Å². The molecule has 2 aromatic rings. The fraction of sp³-hybridized carbons (Fsp3) is 0.353. The summed E-state index contributed by atoms with van der Waals surface area (Å²) >= 11 is 5.09. The van der Waals surface area contributed by atoms with E-state index in [2.05, 4.69) is 4.98 Å². The lowest BCUT2D eigenvalue weighted by Gasteiger charge is -2.17. The fourth-order valence-electron chi connectivity index (χ4n) is 2.69. The molecule has 3 atom stereocenters. The first-order chi connectivity index (χ1) is 12.5. The van der Waals surface area contributed by atoms with Crippen LogP contribution in [-0.2, 0) is 9.47 Å². The topological polar surface area (TPSA) is 103 Å². The Morgan fingerprint density at radius 2 is 2.12 bits per heavy atom. The summed E-state index contributed by atoms with van der Waals surface area (Å²) < 4.78 is 18.0. The Bertz CT molecular complexity index is 894. The zero-order chi connectivity index (χ0) is 18.7. The number of para-hydroxylation sites is 1. The van der Waals surface area contributed by atoms with Gasteiger partial charge in [0.25, 0.3) is 5.56 Å². The van der Waals surface area contributed by atoms with Gasteiger partial charge in [0.1, 0.15) is 24.2 Å². The normalized spacial score (nSPS) is 22.2. The molecular formula is C17H18N2O6S. The van der Waals surface area contributed by atoms with Crippen LogP contribution in [0.1, 0.15) is 18.2 Å². The van der Waals surface area contributed by atoms with E-state index in [9.17, 15) is 14.7 Å². The number of aliphatic hydroxyl groups is 1. The van der Waals surface area contributed by atoms with Crippen molar-refractivity contribution in [1.29, 1.82) is 0 Å². The Hall–Kier alpha value is -2.49. The van der Waals surface area contributed by atoms with Crippen LogP contribution < -0.4 is 16.0 Å². The number of aromatic amines is 1. The van der Waals surface area contributed by atoms with Crippen molar-refractivity contribution in [2.45, 2.75) is 31.8 Å². The average molecular weight is 378 g/mol. The van der Waals surface area contributed by atoms with Crippen molar-refractivity contribution in [2.75, 3.05) is 6.61 Å². The van der Waals surface area contributed by atoms with Gasteiger partial charge in [-0.1, -0.05) is 18.2 Å². The highest BCUT2D eigenvalue weighted by molar-refractivity contribution is 7.79. The van der Waals surface area contributed by atoms with Crippen LogP contribution in [0.2, 0.25) is 0 Å². The number of hydrogen-bond donors (Lipinski definition) is 2. The highest BCUT2D eigenvalue weighted by Crippen LogP contribution is 2.30. The molecule has 0 bridgehead atoms. The number of benzene rings is 1. The molecule has 138 valence electrons. The molecule has 1 fully saturated rings. The number of rotatable bonds is 4. The lowest BCUT2D eigenvalue weighted by molar-refractivity contribution is -0.0455. The maximum absolute atomic E-state index is 12.0. The van der Waals surface area contributed by atoms with Gasteiger partial charge in [0.15, 0.2) is 0 Å². The minimum Gasteiger partial charge on any atom is -0.450 e. The zero-order valence-corrected chi connectivity index (χ0v) is 14.8. The molecule has 0 saturated carbocycles. The molecule has 2 heterocycles. The fourth-order valence-corrected chi connectivity index (χ4v) is 2.91. The van der Waals surface area contributed by atoms with E-state index in [0.717, 1.165) is 0 Å². The third-order valence-electron chi connectivity index (χ3n) is 4.01. The van der Waals surface area contributed by atoms with Crippen LogP contribution in [0.15, 0.2) is 46.1 Å². The molecule has 3 rings (SSSR count). The SMILES string of the molecule is Cc1cn([C@H]2C[C@H](OC(=S)Oc3ccccc3)[C@@H](CO)O2)c(=O)[nH]c1=O. The standard InChI is InChI=1S/C17H18N2O6S/c1-10-8-19(16(22)18-15(10)21)14-7-12(13(9-20)24-14)25-17(26)23-11-5-3-2-4-6-11/h2-6,8,12-14,20H,7,9H2,1H3,(H,18,21,22)/t12-,13+,14+/m0/s1.